The van der Waals surface area contributed by atoms with Crippen LogP contribution in [0.2, 0.25) is 0 Å². The van der Waals surface area contributed by atoms with Gasteiger partial charge in [0.05, 0.1) is 0 Å². The highest BCUT2D eigenvalue weighted by atomic mass is 32.1. The van der Waals surface area contributed by atoms with Crippen LogP contribution in [0.25, 0.3) is 5.00 Å². The van der Waals surface area contributed by atoms with Gasteiger partial charge in [-0.3, -0.25) is 4.57 Å². The number of aromatic nitrogens is 1. The first-order valence-corrected chi connectivity index (χ1v) is 7.97. The zero-order chi connectivity index (χ0) is 13.9. The topological polar surface area (TPSA) is 61.4 Å². The zero-order valence-electron chi connectivity index (χ0n) is 10.7. The third kappa shape index (κ3) is 2.53. The maximum absolute atomic E-state index is 12.1. The summed E-state index contributed by atoms with van der Waals surface area (Å²) in [5.74, 6) is 0. The standard InChI is InChI=1S/C13H12N4OS2/c14-9-10-3-4-11(20-10)17-7-8-19-13(17)15-12(18)16-5-1-2-6-16/h3-4,7-8H,1-2,5-6H2/b15-13-. The van der Waals surface area contributed by atoms with E-state index in [-0.39, 0.29) is 6.03 Å². The second kappa shape index (κ2) is 5.61. The largest absolute Gasteiger partial charge is 0.346 e. The van der Waals surface area contributed by atoms with Gasteiger partial charge in [0.2, 0.25) is 0 Å². The molecule has 0 aromatic carbocycles. The Balaban J connectivity index is 1.93. The van der Waals surface area contributed by atoms with E-state index in [2.05, 4.69) is 11.1 Å². The number of urea groups is 1. The minimum Gasteiger partial charge on any atom is -0.323 e. The fourth-order valence-electron chi connectivity index (χ4n) is 2.10. The molecule has 1 fully saturated rings. The molecular formula is C13H12N4OS2. The predicted molar refractivity (Wildman–Crippen MR) is 78.0 cm³/mol. The molecule has 0 atom stereocenters. The quantitative estimate of drug-likeness (QED) is 0.813. The summed E-state index contributed by atoms with van der Waals surface area (Å²) in [6.07, 6.45) is 3.98. The van der Waals surface area contributed by atoms with Gasteiger partial charge in [-0.15, -0.1) is 22.7 Å². The Morgan fingerprint density at radius 3 is 2.85 bits per heavy atom. The monoisotopic (exact) mass is 304 g/mol. The molecule has 2 aromatic heterocycles. The zero-order valence-corrected chi connectivity index (χ0v) is 12.3. The summed E-state index contributed by atoms with van der Waals surface area (Å²) in [4.78, 5) is 19.3. The number of carbonyl (C=O) groups excluding carboxylic acids is 1. The van der Waals surface area contributed by atoms with E-state index in [9.17, 15) is 4.79 Å². The maximum atomic E-state index is 12.1. The molecule has 7 heteroatoms. The van der Waals surface area contributed by atoms with Crippen LogP contribution in [-0.4, -0.2) is 28.6 Å². The predicted octanol–water partition coefficient (Wildman–Crippen LogP) is 2.59. The van der Waals surface area contributed by atoms with Crippen molar-refractivity contribution >= 4 is 28.7 Å². The van der Waals surface area contributed by atoms with E-state index < -0.39 is 0 Å². The molecule has 3 heterocycles. The summed E-state index contributed by atoms with van der Waals surface area (Å²) >= 11 is 2.81. The van der Waals surface area contributed by atoms with Crippen molar-refractivity contribution in [3.63, 3.8) is 0 Å². The first-order valence-electron chi connectivity index (χ1n) is 6.28. The molecule has 1 aliphatic rings. The summed E-state index contributed by atoms with van der Waals surface area (Å²) in [5.41, 5.74) is 0. The summed E-state index contributed by atoms with van der Waals surface area (Å²) < 4.78 is 1.85. The van der Waals surface area contributed by atoms with Gasteiger partial charge in [0, 0.05) is 24.7 Å². The Labute approximate surface area is 124 Å². The molecule has 0 saturated carbocycles. The Kier molecular flexibility index (Phi) is 3.67. The molecule has 102 valence electrons. The van der Waals surface area contributed by atoms with Crippen LogP contribution in [0.1, 0.15) is 17.7 Å². The van der Waals surface area contributed by atoms with Crippen LogP contribution in [0.3, 0.4) is 0 Å². The summed E-state index contributed by atoms with van der Waals surface area (Å²) in [5, 5.41) is 11.7. The van der Waals surface area contributed by atoms with Crippen molar-refractivity contribution in [1.29, 1.82) is 5.26 Å². The van der Waals surface area contributed by atoms with Gasteiger partial charge in [-0.2, -0.15) is 10.3 Å². The van der Waals surface area contributed by atoms with Crippen molar-refractivity contribution in [3.05, 3.63) is 33.4 Å². The molecule has 0 aliphatic carbocycles. The molecule has 0 unspecified atom stereocenters. The third-order valence-electron chi connectivity index (χ3n) is 3.10. The SMILES string of the molecule is N#Cc1ccc(-n2ccs/c2=N\C(=O)N2CCCC2)s1. The molecule has 0 spiro atoms. The summed E-state index contributed by atoms with van der Waals surface area (Å²) in [6, 6.07) is 5.59. The number of nitrogens with zero attached hydrogens (tertiary/aromatic N) is 4. The molecular weight excluding hydrogens is 292 g/mol. The van der Waals surface area contributed by atoms with E-state index in [0.717, 1.165) is 30.9 Å². The number of hydrogen-bond acceptors (Lipinski definition) is 4. The first kappa shape index (κ1) is 13.1. The average Bonchev–Trinajstić information content (AvgIpc) is 3.19. The normalized spacial score (nSPS) is 15.6. The van der Waals surface area contributed by atoms with Gasteiger partial charge in [-0.25, -0.2) is 4.79 Å². The van der Waals surface area contributed by atoms with Crippen LogP contribution < -0.4 is 4.80 Å². The number of thiophene rings is 1. The van der Waals surface area contributed by atoms with Crippen LogP contribution in [0.4, 0.5) is 4.79 Å². The molecule has 1 aliphatic heterocycles. The average molecular weight is 304 g/mol. The lowest BCUT2D eigenvalue weighted by Gasteiger charge is -2.10. The number of carbonyl (C=O) groups is 1. The summed E-state index contributed by atoms with van der Waals surface area (Å²) in [7, 11) is 0. The van der Waals surface area contributed by atoms with Gasteiger partial charge in [-0.1, -0.05) is 0 Å². The lowest BCUT2D eigenvalue weighted by molar-refractivity contribution is 0.218. The van der Waals surface area contributed by atoms with Crippen LogP contribution >= 0.6 is 22.7 Å². The molecule has 2 amide bonds. The highest BCUT2D eigenvalue weighted by Gasteiger charge is 2.17. The third-order valence-corrected chi connectivity index (χ3v) is 4.84. The second-order valence-electron chi connectivity index (χ2n) is 4.39. The van der Waals surface area contributed by atoms with E-state index in [1.54, 1.807) is 11.0 Å². The maximum Gasteiger partial charge on any atom is 0.346 e. The minimum atomic E-state index is -0.171. The minimum absolute atomic E-state index is 0.171. The summed E-state index contributed by atoms with van der Waals surface area (Å²) in [6.45, 7) is 1.59. The number of thiazole rings is 1. The number of hydrogen-bond donors (Lipinski definition) is 0. The van der Waals surface area contributed by atoms with Gasteiger partial charge in [-0.05, 0) is 25.0 Å². The smallest absolute Gasteiger partial charge is 0.323 e. The number of amides is 2. The van der Waals surface area contributed by atoms with E-state index in [4.69, 9.17) is 5.26 Å². The number of likely N-dealkylation sites (tertiary alicyclic amines) is 1. The Morgan fingerprint density at radius 1 is 1.35 bits per heavy atom. The molecule has 0 bridgehead atoms. The van der Waals surface area contributed by atoms with Crippen molar-refractivity contribution < 1.29 is 4.79 Å². The number of nitriles is 1. The second-order valence-corrected chi connectivity index (χ2v) is 6.33. The lowest BCUT2D eigenvalue weighted by atomic mass is 10.4. The van der Waals surface area contributed by atoms with Gasteiger partial charge >= 0.3 is 6.03 Å². The van der Waals surface area contributed by atoms with Crippen LogP contribution in [0.15, 0.2) is 28.7 Å². The van der Waals surface area contributed by atoms with Crippen molar-refractivity contribution in [2.24, 2.45) is 4.99 Å². The van der Waals surface area contributed by atoms with Gasteiger partial charge in [0.15, 0.2) is 4.80 Å². The molecule has 20 heavy (non-hydrogen) atoms. The molecule has 2 aromatic rings. The van der Waals surface area contributed by atoms with Gasteiger partial charge < -0.3 is 4.90 Å². The van der Waals surface area contributed by atoms with Crippen LogP contribution in [0, 0.1) is 11.3 Å². The Hall–Kier alpha value is -1.91. The van der Waals surface area contributed by atoms with Crippen molar-refractivity contribution in [1.82, 2.24) is 9.47 Å². The molecule has 5 nitrogen and oxygen atoms in total. The van der Waals surface area contributed by atoms with E-state index >= 15 is 0 Å². The van der Waals surface area contributed by atoms with E-state index in [1.165, 1.54) is 22.7 Å². The number of rotatable bonds is 1. The molecule has 3 rings (SSSR count). The van der Waals surface area contributed by atoms with Crippen molar-refractivity contribution in [2.45, 2.75) is 12.8 Å². The van der Waals surface area contributed by atoms with Crippen LogP contribution in [0.5, 0.6) is 0 Å². The lowest BCUT2D eigenvalue weighted by Crippen LogP contribution is -2.27. The first-order chi connectivity index (χ1) is 9.78. The van der Waals surface area contributed by atoms with Gasteiger partial charge in [0.25, 0.3) is 0 Å². The Bertz CT molecular complexity index is 728. The molecule has 0 radical (unpaired) electrons. The van der Waals surface area contributed by atoms with Gasteiger partial charge in [0.1, 0.15) is 15.9 Å². The fourth-order valence-corrected chi connectivity index (χ4v) is 3.65. The Morgan fingerprint density at radius 2 is 2.15 bits per heavy atom. The van der Waals surface area contributed by atoms with Crippen LogP contribution in [-0.2, 0) is 0 Å². The van der Waals surface area contributed by atoms with Crippen molar-refractivity contribution in [3.8, 4) is 11.1 Å². The van der Waals surface area contributed by atoms with E-state index in [1.807, 2.05) is 22.2 Å². The highest BCUT2D eigenvalue weighted by molar-refractivity contribution is 7.15. The van der Waals surface area contributed by atoms with Crippen molar-refractivity contribution in [2.75, 3.05) is 13.1 Å². The molecule has 1 saturated heterocycles. The van der Waals surface area contributed by atoms with E-state index in [0.29, 0.717) is 9.68 Å². The highest BCUT2D eigenvalue weighted by Crippen LogP contribution is 2.19. The molecule has 0 N–H and O–H groups in total. The fraction of sp³-hybridized carbons (Fsp3) is 0.308.